The first-order chi connectivity index (χ1) is 11.2. The maximum absolute atomic E-state index is 12.1. The summed E-state index contributed by atoms with van der Waals surface area (Å²) in [6.07, 6.45) is 1.78. The molecule has 1 fully saturated rings. The third-order valence-corrected chi connectivity index (χ3v) is 4.67. The van der Waals surface area contributed by atoms with Crippen LogP contribution >= 0.6 is 0 Å². The van der Waals surface area contributed by atoms with Gasteiger partial charge in [-0.1, -0.05) is 36.4 Å². The van der Waals surface area contributed by atoms with Crippen LogP contribution in [0.1, 0.15) is 19.8 Å². The summed E-state index contributed by atoms with van der Waals surface area (Å²) in [7, 11) is 0. The van der Waals surface area contributed by atoms with Crippen molar-refractivity contribution < 1.29 is 14.3 Å². The van der Waals surface area contributed by atoms with Gasteiger partial charge < -0.3 is 14.4 Å². The summed E-state index contributed by atoms with van der Waals surface area (Å²) in [5, 5.41) is 2.40. The average molecular weight is 311 g/mol. The van der Waals surface area contributed by atoms with Crippen LogP contribution in [0.25, 0.3) is 10.8 Å². The van der Waals surface area contributed by atoms with Crippen molar-refractivity contribution in [2.75, 3.05) is 24.6 Å². The quantitative estimate of drug-likeness (QED) is 0.494. The number of esters is 1. The lowest BCUT2D eigenvalue weighted by Gasteiger charge is -2.38. The second kappa shape index (κ2) is 6.41. The molecule has 120 valence electrons. The molecule has 0 aliphatic carbocycles. The molecule has 4 heteroatoms. The molecule has 0 spiro atoms. The molecule has 2 aromatic rings. The van der Waals surface area contributed by atoms with Gasteiger partial charge in [0.1, 0.15) is 11.7 Å². The first kappa shape index (κ1) is 15.5. The van der Waals surface area contributed by atoms with E-state index in [1.165, 1.54) is 10.8 Å². The number of piperidine rings is 1. The maximum atomic E-state index is 12.1. The number of ether oxygens (including phenoxy) is 1. The number of aldehydes is 1. The minimum absolute atomic E-state index is 0.307. The van der Waals surface area contributed by atoms with Gasteiger partial charge in [-0.2, -0.15) is 0 Å². The van der Waals surface area contributed by atoms with Crippen LogP contribution in [0.15, 0.2) is 42.5 Å². The highest BCUT2D eigenvalue weighted by Gasteiger charge is 2.42. The summed E-state index contributed by atoms with van der Waals surface area (Å²) in [6, 6.07) is 14.5. The van der Waals surface area contributed by atoms with Crippen LogP contribution in [-0.4, -0.2) is 32.0 Å². The summed E-state index contributed by atoms with van der Waals surface area (Å²) in [5.41, 5.74) is 0.184. The molecule has 1 heterocycles. The van der Waals surface area contributed by atoms with Crippen molar-refractivity contribution in [2.45, 2.75) is 19.8 Å². The van der Waals surface area contributed by atoms with E-state index in [2.05, 4.69) is 29.2 Å². The fourth-order valence-corrected chi connectivity index (χ4v) is 3.28. The van der Waals surface area contributed by atoms with Crippen LogP contribution in [0.5, 0.6) is 0 Å². The van der Waals surface area contributed by atoms with E-state index in [-0.39, 0.29) is 5.97 Å². The van der Waals surface area contributed by atoms with E-state index >= 15 is 0 Å². The Kier molecular flexibility index (Phi) is 4.33. The van der Waals surface area contributed by atoms with Gasteiger partial charge in [-0.25, -0.2) is 0 Å². The summed E-state index contributed by atoms with van der Waals surface area (Å²) in [6.45, 7) is 3.42. The van der Waals surface area contributed by atoms with E-state index in [1.54, 1.807) is 6.92 Å². The third kappa shape index (κ3) is 2.81. The first-order valence-electron chi connectivity index (χ1n) is 8.06. The van der Waals surface area contributed by atoms with Crippen LogP contribution in [0, 0.1) is 5.41 Å². The van der Waals surface area contributed by atoms with Crippen molar-refractivity contribution in [2.24, 2.45) is 5.41 Å². The van der Waals surface area contributed by atoms with E-state index in [0.29, 0.717) is 32.5 Å². The van der Waals surface area contributed by atoms with Gasteiger partial charge in [0.05, 0.1) is 6.61 Å². The van der Waals surface area contributed by atoms with Gasteiger partial charge in [0.15, 0.2) is 0 Å². The molecule has 4 nitrogen and oxygen atoms in total. The Morgan fingerprint density at radius 2 is 1.87 bits per heavy atom. The first-order valence-corrected chi connectivity index (χ1v) is 8.06. The molecular formula is C19H21NO3. The highest BCUT2D eigenvalue weighted by Crippen LogP contribution is 2.35. The Labute approximate surface area is 136 Å². The topological polar surface area (TPSA) is 46.6 Å². The molecule has 1 aliphatic rings. The summed E-state index contributed by atoms with van der Waals surface area (Å²) < 4.78 is 5.10. The van der Waals surface area contributed by atoms with Gasteiger partial charge >= 0.3 is 5.97 Å². The van der Waals surface area contributed by atoms with Crippen molar-refractivity contribution in [3.63, 3.8) is 0 Å². The van der Waals surface area contributed by atoms with Crippen LogP contribution in [0.4, 0.5) is 5.69 Å². The van der Waals surface area contributed by atoms with Gasteiger partial charge in [-0.15, -0.1) is 0 Å². The summed E-state index contributed by atoms with van der Waals surface area (Å²) in [4.78, 5) is 25.9. The number of carbonyl (C=O) groups is 2. The van der Waals surface area contributed by atoms with E-state index in [0.717, 1.165) is 12.0 Å². The van der Waals surface area contributed by atoms with E-state index < -0.39 is 5.41 Å². The van der Waals surface area contributed by atoms with Crippen molar-refractivity contribution in [3.8, 4) is 0 Å². The van der Waals surface area contributed by atoms with Crippen molar-refractivity contribution >= 4 is 28.7 Å². The number of rotatable bonds is 4. The number of benzene rings is 2. The number of hydrogen-bond donors (Lipinski definition) is 0. The molecular weight excluding hydrogens is 290 g/mol. The van der Waals surface area contributed by atoms with Crippen molar-refractivity contribution in [3.05, 3.63) is 42.5 Å². The Morgan fingerprint density at radius 1 is 1.17 bits per heavy atom. The standard InChI is InChI=1S/C19H21NO3/c1-2-23-18(22)19(14-21)10-12-20(13-11-19)17-9-5-7-15-6-3-4-8-16(15)17/h3-9,14H,2,10-13H2,1H3. The second-order valence-corrected chi connectivity index (χ2v) is 5.98. The molecule has 0 unspecified atom stereocenters. The molecule has 0 amide bonds. The second-order valence-electron chi connectivity index (χ2n) is 5.98. The van der Waals surface area contributed by atoms with Gasteiger partial charge in [-0.3, -0.25) is 4.79 Å². The molecule has 0 atom stereocenters. The fraction of sp³-hybridized carbons (Fsp3) is 0.368. The lowest BCUT2D eigenvalue weighted by atomic mass is 9.79. The van der Waals surface area contributed by atoms with Gasteiger partial charge in [-0.05, 0) is 31.2 Å². The maximum Gasteiger partial charge on any atom is 0.319 e. The largest absolute Gasteiger partial charge is 0.465 e. The highest BCUT2D eigenvalue weighted by atomic mass is 16.5. The predicted molar refractivity (Wildman–Crippen MR) is 90.5 cm³/mol. The van der Waals surface area contributed by atoms with Crippen LogP contribution < -0.4 is 4.90 Å². The Morgan fingerprint density at radius 3 is 2.57 bits per heavy atom. The smallest absolute Gasteiger partial charge is 0.319 e. The zero-order valence-electron chi connectivity index (χ0n) is 13.3. The van der Waals surface area contributed by atoms with E-state index in [4.69, 9.17) is 4.74 Å². The lowest BCUT2D eigenvalue weighted by Crippen LogP contribution is -2.46. The van der Waals surface area contributed by atoms with Crippen LogP contribution in [0.2, 0.25) is 0 Å². The van der Waals surface area contributed by atoms with Crippen molar-refractivity contribution in [1.82, 2.24) is 0 Å². The summed E-state index contributed by atoms with van der Waals surface area (Å²) in [5.74, 6) is -0.382. The molecule has 1 aliphatic heterocycles. The molecule has 23 heavy (non-hydrogen) atoms. The molecule has 0 radical (unpaired) electrons. The Bertz CT molecular complexity index is 712. The van der Waals surface area contributed by atoms with E-state index in [1.807, 2.05) is 18.2 Å². The van der Waals surface area contributed by atoms with Gasteiger partial charge in [0, 0.05) is 24.2 Å². The minimum atomic E-state index is -0.975. The normalized spacial score (nSPS) is 17.0. The molecule has 0 N–H and O–H groups in total. The lowest BCUT2D eigenvalue weighted by molar-refractivity contribution is -0.158. The summed E-state index contributed by atoms with van der Waals surface area (Å²) >= 11 is 0. The average Bonchev–Trinajstić information content (AvgIpc) is 2.61. The van der Waals surface area contributed by atoms with Gasteiger partial charge in [0.25, 0.3) is 0 Å². The van der Waals surface area contributed by atoms with Crippen LogP contribution in [-0.2, 0) is 14.3 Å². The molecule has 2 aromatic carbocycles. The predicted octanol–water partition coefficient (Wildman–Crippen LogP) is 3.19. The highest BCUT2D eigenvalue weighted by molar-refractivity contribution is 5.96. The number of carbonyl (C=O) groups excluding carboxylic acids is 2. The number of fused-ring (bicyclic) bond motifs is 1. The van der Waals surface area contributed by atoms with Crippen LogP contribution in [0.3, 0.4) is 0 Å². The molecule has 0 bridgehead atoms. The molecule has 3 rings (SSSR count). The zero-order valence-corrected chi connectivity index (χ0v) is 13.3. The van der Waals surface area contributed by atoms with Crippen molar-refractivity contribution in [1.29, 1.82) is 0 Å². The number of hydrogen-bond acceptors (Lipinski definition) is 4. The minimum Gasteiger partial charge on any atom is -0.465 e. The fourth-order valence-electron chi connectivity index (χ4n) is 3.28. The Hall–Kier alpha value is -2.36. The number of anilines is 1. The SMILES string of the molecule is CCOC(=O)C1(C=O)CCN(c2cccc3ccccc23)CC1. The monoisotopic (exact) mass is 311 g/mol. The van der Waals surface area contributed by atoms with E-state index in [9.17, 15) is 9.59 Å². The number of nitrogens with zero attached hydrogens (tertiary/aromatic N) is 1. The third-order valence-electron chi connectivity index (χ3n) is 4.67. The molecule has 0 saturated carbocycles. The Balaban J connectivity index is 1.83. The molecule has 0 aromatic heterocycles. The molecule has 1 saturated heterocycles. The van der Waals surface area contributed by atoms with Gasteiger partial charge in [0.2, 0.25) is 0 Å². The zero-order chi connectivity index (χ0) is 16.3.